The van der Waals surface area contributed by atoms with Gasteiger partial charge in [-0.15, -0.1) is 0 Å². The normalized spacial score (nSPS) is 20.7. The molecule has 0 bridgehead atoms. The Bertz CT molecular complexity index is 294. The quantitative estimate of drug-likeness (QED) is 0.733. The summed E-state index contributed by atoms with van der Waals surface area (Å²) in [6, 6.07) is 7.09. The highest BCUT2D eigenvalue weighted by molar-refractivity contribution is 5.24. The number of hydrogen-bond donors (Lipinski definition) is 1. The van der Waals surface area contributed by atoms with E-state index in [2.05, 4.69) is 0 Å². The van der Waals surface area contributed by atoms with Gasteiger partial charge in [0.25, 0.3) is 0 Å². The Hall–Kier alpha value is -0.980. The fraction of sp³-hybridized carbons (Fsp3) is 0.647. The van der Waals surface area contributed by atoms with Crippen molar-refractivity contribution in [3.8, 4) is 5.75 Å². The van der Waals surface area contributed by atoms with E-state index in [9.17, 15) is 0 Å². The van der Waals surface area contributed by atoms with E-state index >= 15 is 0 Å². The van der Waals surface area contributed by atoms with Crippen molar-refractivity contribution in [3.63, 3.8) is 0 Å². The zero-order valence-corrected chi connectivity index (χ0v) is 11.6. The molecule has 0 aromatic heterocycles. The van der Waals surface area contributed by atoms with Gasteiger partial charge in [0.05, 0.1) is 0 Å². The third kappa shape index (κ3) is 4.04. The van der Waals surface area contributed by atoms with E-state index in [-0.39, 0.29) is 0 Å². The van der Waals surface area contributed by atoms with Crippen LogP contribution in [0.1, 0.15) is 56.9 Å². The number of aromatic hydroxyl groups is 1. The first-order valence-electron chi connectivity index (χ1n) is 7.51. The van der Waals surface area contributed by atoms with Gasteiger partial charge in [0.2, 0.25) is 0 Å². The van der Waals surface area contributed by atoms with E-state index < -0.39 is 0 Å². The second kappa shape index (κ2) is 6.82. The highest BCUT2D eigenvalue weighted by Gasteiger charge is 2.26. The molecule has 0 spiro atoms. The smallest absolute Gasteiger partial charge is 0.115 e. The van der Waals surface area contributed by atoms with E-state index in [1.807, 2.05) is 19.1 Å². The molecular weight excluding hydrogens is 220 g/mol. The summed E-state index contributed by atoms with van der Waals surface area (Å²) >= 11 is 0. The molecule has 0 aliphatic heterocycles. The second-order valence-electron chi connectivity index (χ2n) is 5.92. The molecular formula is C17H26O. The second-order valence-corrected chi connectivity index (χ2v) is 5.92. The van der Waals surface area contributed by atoms with E-state index in [1.165, 1.54) is 31.2 Å². The van der Waals surface area contributed by atoms with Gasteiger partial charge in [-0.2, -0.15) is 0 Å². The minimum absolute atomic E-state index is 0.329. The van der Waals surface area contributed by atoms with Crippen molar-refractivity contribution in [3.05, 3.63) is 29.8 Å². The van der Waals surface area contributed by atoms with Crippen molar-refractivity contribution in [1.82, 2.24) is 0 Å². The Labute approximate surface area is 111 Å². The molecule has 1 nitrogen and oxygen atoms in total. The highest BCUT2D eigenvalue weighted by atomic mass is 16.3. The molecule has 1 N–H and O–H groups in total. The van der Waals surface area contributed by atoms with E-state index in [0.29, 0.717) is 5.75 Å². The maximum atomic E-state index is 8.76. The van der Waals surface area contributed by atoms with Crippen LogP contribution in [0.5, 0.6) is 5.75 Å². The van der Waals surface area contributed by atoms with Crippen LogP contribution in [-0.4, -0.2) is 5.11 Å². The van der Waals surface area contributed by atoms with Crippen molar-refractivity contribution in [2.45, 2.75) is 58.3 Å². The van der Waals surface area contributed by atoms with Gasteiger partial charge in [0.1, 0.15) is 5.75 Å². The molecule has 2 aliphatic rings. The highest BCUT2D eigenvalue weighted by Crippen LogP contribution is 2.39. The lowest BCUT2D eigenvalue weighted by Gasteiger charge is -2.16. The predicted molar refractivity (Wildman–Crippen MR) is 76.8 cm³/mol. The van der Waals surface area contributed by atoms with Crippen LogP contribution in [0.4, 0.5) is 0 Å². The summed E-state index contributed by atoms with van der Waals surface area (Å²) in [7, 11) is 0. The lowest BCUT2D eigenvalue weighted by Crippen LogP contribution is -2.06. The van der Waals surface area contributed by atoms with Gasteiger partial charge in [-0.25, -0.2) is 0 Å². The SMILES string of the molecule is C1CCC(C2CCCC2)C1.Cc1ccc(O)cc1. The molecule has 0 amide bonds. The summed E-state index contributed by atoms with van der Waals surface area (Å²) in [5, 5.41) is 8.76. The maximum absolute atomic E-state index is 8.76. The summed E-state index contributed by atoms with van der Waals surface area (Å²) in [5.41, 5.74) is 1.17. The first-order chi connectivity index (χ1) is 8.75. The van der Waals surface area contributed by atoms with Crippen molar-refractivity contribution >= 4 is 0 Å². The van der Waals surface area contributed by atoms with Gasteiger partial charge < -0.3 is 5.11 Å². The Morgan fingerprint density at radius 2 is 1.17 bits per heavy atom. The molecule has 2 saturated carbocycles. The van der Waals surface area contributed by atoms with E-state index in [0.717, 1.165) is 11.8 Å². The number of aryl methyl sites for hydroxylation is 1. The minimum Gasteiger partial charge on any atom is -0.508 e. The maximum Gasteiger partial charge on any atom is 0.115 e. The standard InChI is InChI=1S/C10H18.C7H8O/c1-2-6-9(5-1)10-7-3-4-8-10;1-6-2-4-7(8)5-3-6/h9-10H,1-8H2;2-5,8H,1H3. The Kier molecular flexibility index (Phi) is 5.10. The third-order valence-electron chi connectivity index (χ3n) is 4.50. The monoisotopic (exact) mass is 246 g/mol. The molecule has 0 radical (unpaired) electrons. The van der Waals surface area contributed by atoms with Crippen LogP contribution in [-0.2, 0) is 0 Å². The number of phenolic OH excluding ortho intramolecular Hbond substituents is 1. The van der Waals surface area contributed by atoms with Crippen molar-refractivity contribution < 1.29 is 5.11 Å². The fourth-order valence-corrected chi connectivity index (χ4v) is 3.40. The van der Waals surface area contributed by atoms with Crippen LogP contribution < -0.4 is 0 Å². The van der Waals surface area contributed by atoms with Gasteiger partial charge in [-0.05, 0) is 30.9 Å². The summed E-state index contributed by atoms with van der Waals surface area (Å²) in [5.74, 6) is 2.64. The molecule has 1 aromatic carbocycles. The molecule has 18 heavy (non-hydrogen) atoms. The predicted octanol–water partition coefficient (Wildman–Crippen LogP) is 5.07. The summed E-state index contributed by atoms with van der Waals surface area (Å²) in [4.78, 5) is 0. The van der Waals surface area contributed by atoms with Crippen molar-refractivity contribution in [2.24, 2.45) is 11.8 Å². The van der Waals surface area contributed by atoms with Gasteiger partial charge in [0, 0.05) is 0 Å². The van der Waals surface area contributed by atoms with Crippen molar-refractivity contribution in [1.29, 1.82) is 0 Å². The largest absolute Gasteiger partial charge is 0.508 e. The molecule has 0 saturated heterocycles. The van der Waals surface area contributed by atoms with Gasteiger partial charge >= 0.3 is 0 Å². The number of rotatable bonds is 1. The zero-order chi connectivity index (χ0) is 12.8. The molecule has 0 heterocycles. The Morgan fingerprint density at radius 1 is 0.778 bits per heavy atom. The van der Waals surface area contributed by atoms with Crippen LogP contribution in [0, 0.1) is 18.8 Å². The van der Waals surface area contributed by atoms with Crippen LogP contribution >= 0.6 is 0 Å². The number of hydrogen-bond acceptors (Lipinski definition) is 1. The van der Waals surface area contributed by atoms with E-state index in [1.54, 1.807) is 37.8 Å². The topological polar surface area (TPSA) is 20.2 Å². The average Bonchev–Trinajstić information content (AvgIpc) is 3.04. The number of phenols is 1. The summed E-state index contributed by atoms with van der Waals surface area (Å²) in [6.45, 7) is 1.99. The molecule has 3 rings (SSSR count). The van der Waals surface area contributed by atoms with Crippen LogP contribution in [0.15, 0.2) is 24.3 Å². The molecule has 0 atom stereocenters. The molecule has 100 valence electrons. The van der Waals surface area contributed by atoms with Crippen LogP contribution in [0.3, 0.4) is 0 Å². The van der Waals surface area contributed by atoms with Crippen LogP contribution in [0.2, 0.25) is 0 Å². The van der Waals surface area contributed by atoms with Gasteiger partial charge in [-0.1, -0.05) is 69.1 Å². The zero-order valence-electron chi connectivity index (χ0n) is 11.6. The fourth-order valence-electron chi connectivity index (χ4n) is 3.40. The molecule has 1 heteroatoms. The summed E-state index contributed by atoms with van der Waals surface area (Å²) in [6.07, 6.45) is 12.4. The minimum atomic E-state index is 0.329. The first-order valence-corrected chi connectivity index (χ1v) is 7.51. The van der Waals surface area contributed by atoms with Gasteiger partial charge in [0.15, 0.2) is 0 Å². The Morgan fingerprint density at radius 3 is 1.50 bits per heavy atom. The van der Waals surface area contributed by atoms with E-state index in [4.69, 9.17) is 5.11 Å². The lowest BCUT2D eigenvalue weighted by atomic mass is 9.90. The average molecular weight is 246 g/mol. The Balaban J connectivity index is 0.000000138. The molecule has 1 aromatic rings. The lowest BCUT2D eigenvalue weighted by molar-refractivity contribution is 0.347. The molecule has 2 aliphatic carbocycles. The number of benzene rings is 1. The van der Waals surface area contributed by atoms with Crippen LogP contribution in [0.25, 0.3) is 0 Å². The van der Waals surface area contributed by atoms with Gasteiger partial charge in [-0.3, -0.25) is 0 Å². The van der Waals surface area contributed by atoms with Crippen molar-refractivity contribution in [2.75, 3.05) is 0 Å². The molecule has 2 fully saturated rings. The third-order valence-corrected chi connectivity index (χ3v) is 4.50. The summed E-state index contributed by atoms with van der Waals surface area (Å²) < 4.78 is 0. The molecule has 0 unspecified atom stereocenters. The first kappa shape index (κ1) is 13.5.